The summed E-state index contributed by atoms with van der Waals surface area (Å²) in [6.45, 7) is 2.34. The van der Waals surface area contributed by atoms with Crippen molar-refractivity contribution in [2.45, 2.75) is 26.1 Å². The lowest BCUT2D eigenvalue weighted by Gasteiger charge is -2.11. The molecule has 0 radical (unpaired) electrons. The fourth-order valence-electron chi connectivity index (χ4n) is 1.62. The second-order valence-corrected chi connectivity index (χ2v) is 5.48. The largest absolute Gasteiger partial charge is 0.416 e. The van der Waals surface area contributed by atoms with Gasteiger partial charge in [0.05, 0.1) is 33.5 Å². The van der Waals surface area contributed by atoms with Crippen molar-refractivity contribution in [2.24, 2.45) is 0 Å². The Hall–Kier alpha value is -1.27. The molecule has 0 aliphatic rings. The topological polar surface area (TPSA) is 24.9 Å². The smallest absolute Gasteiger partial charge is 0.378 e. The molecule has 0 unspecified atom stereocenters. The number of aromatic nitrogens is 1. The van der Waals surface area contributed by atoms with E-state index in [0.717, 1.165) is 29.3 Å². The predicted octanol–water partition coefficient (Wildman–Crippen LogP) is 4.99. The zero-order valence-corrected chi connectivity index (χ0v) is 12.2. The number of aryl methyl sites for hydroxylation is 1. The molecule has 0 atom stereocenters. The third-order valence-corrected chi connectivity index (χ3v) is 4.03. The van der Waals surface area contributed by atoms with Crippen molar-refractivity contribution in [3.63, 3.8) is 0 Å². The van der Waals surface area contributed by atoms with Gasteiger partial charge in [-0.15, -0.1) is 11.3 Å². The molecular weight excluding hydrogens is 309 g/mol. The zero-order valence-electron chi connectivity index (χ0n) is 10.6. The van der Waals surface area contributed by atoms with Gasteiger partial charge in [-0.25, -0.2) is 4.98 Å². The lowest BCUT2D eigenvalue weighted by atomic mass is 10.2. The molecule has 0 amide bonds. The number of nitrogens with zero attached hydrogens (tertiary/aromatic N) is 1. The second kappa shape index (κ2) is 6.01. The summed E-state index contributed by atoms with van der Waals surface area (Å²) in [5.41, 5.74) is 0.324. The van der Waals surface area contributed by atoms with Gasteiger partial charge in [0, 0.05) is 5.38 Å². The van der Waals surface area contributed by atoms with Crippen molar-refractivity contribution in [3.8, 4) is 0 Å². The van der Waals surface area contributed by atoms with Gasteiger partial charge in [0.25, 0.3) is 0 Å². The van der Waals surface area contributed by atoms with E-state index in [1.807, 2.05) is 12.3 Å². The van der Waals surface area contributed by atoms with Crippen LogP contribution in [0.5, 0.6) is 0 Å². The summed E-state index contributed by atoms with van der Waals surface area (Å²) in [7, 11) is 0. The van der Waals surface area contributed by atoms with E-state index in [-0.39, 0.29) is 10.7 Å². The van der Waals surface area contributed by atoms with Crippen molar-refractivity contribution in [1.29, 1.82) is 0 Å². The lowest BCUT2D eigenvalue weighted by Crippen LogP contribution is -2.07. The maximum atomic E-state index is 12.6. The third-order valence-electron chi connectivity index (χ3n) is 2.66. The molecule has 0 fully saturated rings. The first-order valence-corrected chi connectivity index (χ1v) is 7.20. The first-order valence-electron chi connectivity index (χ1n) is 5.94. The van der Waals surface area contributed by atoms with Crippen LogP contribution < -0.4 is 5.32 Å². The molecule has 2 nitrogen and oxygen atoms in total. The number of alkyl halides is 3. The quantitative estimate of drug-likeness (QED) is 0.858. The highest BCUT2D eigenvalue weighted by molar-refractivity contribution is 7.09. The van der Waals surface area contributed by atoms with E-state index in [1.54, 1.807) is 0 Å². The second-order valence-electron chi connectivity index (χ2n) is 4.13. The molecule has 0 aliphatic heterocycles. The zero-order chi connectivity index (χ0) is 14.8. The van der Waals surface area contributed by atoms with Crippen LogP contribution in [0.3, 0.4) is 0 Å². The van der Waals surface area contributed by atoms with E-state index < -0.39 is 11.7 Å². The Morgan fingerprint density at radius 2 is 2.10 bits per heavy atom. The van der Waals surface area contributed by atoms with Crippen LogP contribution in [0.25, 0.3) is 0 Å². The summed E-state index contributed by atoms with van der Waals surface area (Å²) < 4.78 is 37.9. The first-order chi connectivity index (χ1) is 9.40. The molecule has 7 heteroatoms. The Morgan fingerprint density at radius 1 is 1.35 bits per heavy atom. The van der Waals surface area contributed by atoms with Gasteiger partial charge in [-0.3, -0.25) is 0 Å². The van der Waals surface area contributed by atoms with Crippen LogP contribution >= 0.6 is 22.9 Å². The molecule has 1 aromatic heterocycles. The van der Waals surface area contributed by atoms with Gasteiger partial charge in [0.15, 0.2) is 0 Å². The number of hydrogen-bond donors (Lipinski definition) is 1. The number of thiazole rings is 1. The van der Waals surface area contributed by atoms with Crippen LogP contribution in [0.2, 0.25) is 5.02 Å². The summed E-state index contributed by atoms with van der Waals surface area (Å²) in [6, 6.07) is 3.21. The van der Waals surface area contributed by atoms with E-state index in [1.165, 1.54) is 17.4 Å². The number of anilines is 1. The standard InChI is InChI=1S/C13H12ClF3N2S/c1-2-12-19-9(7-20-12)6-18-11-5-8(13(15,16)17)3-4-10(11)14/h3-5,7,18H,2,6H2,1H3. The molecule has 0 spiro atoms. The molecule has 2 rings (SSSR count). The van der Waals surface area contributed by atoms with E-state index in [9.17, 15) is 13.2 Å². The summed E-state index contributed by atoms with van der Waals surface area (Å²) in [4.78, 5) is 4.34. The van der Waals surface area contributed by atoms with Crippen LogP contribution in [0, 0.1) is 0 Å². The van der Waals surface area contributed by atoms with Crippen molar-refractivity contribution >= 4 is 28.6 Å². The third kappa shape index (κ3) is 3.64. The van der Waals surface area contributed by atoms with E-state index in [4.69, 9.17) is 11.6 Å². The highest BCUT2D eigenvalue weighted by atomic mass is 35.5. The summed E-state index contributed by atoms with van der Waals surface area (Å²) in [5.74, 6) is 0. The van der Waals surface area contributed by atoms with Crippen molar-refractivity contribution in [2.75, 3.05) is 5.32 Å². The summed E-state index contributed by atoms with van der Waals surface area (Å²) in [5, 5.41) is 6.02. The van der Waals surface area contributed by atoms with Crippen LogP contribution in [0.15, 0.2) is 23.6 Å². The maximum absolute atomic E-state index is 12.6. The first kappa shape index (κ1) is 15.1. The average molecular weight is 321 g/mol. The van der Waals surface area contributed by atoms with Crippen LogP contribution in [0.4, 0.5) is 18.9 Å². The van der Waals surface area contributed by atoms with Gasteiger partial charge in [-0.1, -0.05) is 18.5 Å². The molecule has 1 aromatic carbocycles. The SMILES string of the molecule is CCc1nc(CNc2cc(C(F)(F)F)ccc2Cl)cs1. The predicted molar refractivity (Wildman–Crippen MR) is 75.3 cm³/mol. The maximum Gasteiger partial charge on any atom is 0.416 e. The molecule has 20 heavy (non-hydrogen) atoms. The Labute approximate surface area is 123 Å². The number of nitrogens with one attached hydrogen (secondary N) is 1. The monoisotopic (exact) mass is 320 g/mol. The Morgan fingerprint density at radius 3 is 2.70 bits per heavy atom. The molecule has 0 saturated heterocycles. The summed E-state index contributed by atoms with van der Waals surface area (Å²) >= 11 is 7.43. The highest BCUT2D eigenvalue weighted by Gasteiger charge is 2.30. The van der Waals surface area contributed by atoms with Crippen LogP contribution in [-0.4, -0.2) is 4.98 Å². The van der Waals surface area contributed by atoms with E-state index in [0.29, 0.717) is 6.54 Å². The minimum absolute atomic E-state index is 0.254. The Balaban J connectivity index is 2.12. The minimum Gasteiger partial charge on any atom is -0.378 e. The lowest BCUT2D eigenvalue weighted by molar-refractivity contribution is -0.137. The van der Waals surface area contributed by atoms with Gasteiger partial charge < -0.3 is 5.32 Å². The Kier molecular flexibility index (Phi) is 4.55. The minimum atomic E-state index is -4.38. The number of halogens is 4. The molecular formula is C13H12ClF3N2S. The fourth-order valence-corrected chi connectivity index (χ4v) is 2.54. The number of hydrogen-bond acceptors (Lipinski definition) is 3. The van der Waals surface area contributed by atoms with Gasteiger partial charge in [-0.05, 0) is 24.6 Å². The van der Waals surface area contributed by atoms with Gasteiger partial charge in [-0.2, -0.15) is 13.2 Å². The molecule has 0 bridgehead atoms. The van der Waals surface area contributed by atoms with Crippen molar-refractivity contribution in [3.05, 3.63) is 44.9 Å². The van der Waals surface area contributed by atoms with Gasteiger partial charge in [0.1, 0.15) is 0 Å². The molecule has 108 valence electrons. The summed E-state index contributed by atoms with van der Waals surface area (Å²) in [6.07, 6.45) is -3.54. The van der Waals surface area contributed by atoms with Gasteiger partial charge in [0.2, 0.25) is 0 Å². The van der Waals surface area contributed by atoms with Crippen LogP contribution in [0.1, 0.15) is 23.2 Å². The average Bonchev–Trinajstić information content (AvgIpc) is 2.84. The normalized spacial score (nSPS) is 11.7. The van der Waals surface area contributed by atoms with E-state index >= 15 is 0 Å². The fraction of sp³-hybridized carbons (Fsp3) is 0.308. The van der Waals surface area contributed by atoms with Crippen molar-refractivity contribution < 1.29 is 13.2 Å². The molecule has 0 saturated carbocycles. The number of benzene rings is 1. The Bertz CT molecular complexity index is 596. The van der Waals surface area contributed by atoms with E-state index in [2.05, 4.69) is 10.3 Å². The molecule has 0 aliphatic carbocycles. The number of rotatable bonds is 4. The van der Waals surface area contributed by atoms with Gasteiger partial charge >= 0.3 is 6.18 Å². The van der Waals surface area contributed by atoms with Crippen LogP contribution in [-0.2, 0) is 19.1 Å². The molecule has 1 N–H and O–H groups in total. The highest BCUT2D eigenvalue weighted by Crippen LogP contribution is 2.33. The van der Waals surface area contributed by atoms with Crippen molar-refractivity contribution in [1.82, 2.24) is 4.98 Å². The molecule has 2 aromatic rings. The molecule has 1 heterocycles.